The van der Waals surface area contributed by atoms with E-state index in [1.807, 2.05) is 36.6 Å². The molecule has 150 valence electrons. The van der Waals surface area contributed by atoms with E-state index >= 15 is 0 Å². The summed E-state index contributed by atoms with van der Waals surface area (Å²) in [7, 11) is 0. The lowest BCUT2D eigenvalue weighted by Gasteiger charge is -2.07. The van der Waals surface area contributed by atoms with E-state index in [9.17, 15) is 9.90 Å². The lowest BCUT2D eigenvalue weighted by molar-refractivity contribution is 0.102. The Bertz CT molecular complexity index is 1170. The van der Waals surface area contributed by atoms with E-state index in [0.717, 1.165) is 27.8 Å². The minimum Gasteiger partial charge on any atom is -0.508 e. The predicted molar refractivity (Wildman–Crippen MR) is 118 cm³/mol. The summed E-state index contributed by atoms with van der Waals surface area (Å²) in [5.74, 6) is 1.08. The maximum absolute atomic E-state index is 12.5. The molecule has 0 aliphatic heterocycles. The largest absolute Gasteiger partial charge is 0.508 e. The Morgan fingerprint density at radius 3 is 2.40 bits per heavy atom. The molecule has 1 amide bonds. The number of thiazole rings is 1. The van der Waals surface area contributed by atoms with Crippen molar-refractivity contribution in [1.29, 1.82) is 0 Å². The SMILES string of the molecule is Cc1cc(NC(=O)c2ccc(Nc3nc(-c4ccc(O)cc4)cs3)cc2)nc(C)n1. The van der Waals surface area contributed by atoms with Gasteiger partial charge < -0.3 is 15.7 Å². The van der Waals surface area contributed by atoms with Crippen LogP contribution in [-0.4, -0.2) is 26.0 Å². The van der Waals surface area contributed by atoms with Crippen LogP contribution in [0.1, 0.15) is 21.9 Å². The van der Waals surface area contributed by atoms with Crippen LogP contribution in [0.2, 0.25) is 0 Å². The lowest BCUT2D eigenvalue weighted by Crippen LogP contribution is -2.13. The van der Waals surface area contributed by atoms with E-state index in [2.05, 4.69) is 25.6 Å². The van der Waals surface area contributed by atoms with Crippen LogP contribution in [0, 0.1) is 13.8 Å². The van der Waals surface area contributed by atoms with Gasteiger partial charge in [0.1, 0.15) is 17.4 Å². The number of amides is 1. The van der Waals surface area contributed by atoms with E-state index in [-0.39, 0.29) is 11.7 Å². The van der Waals surface area contributed by atoms with Crippen molar-refractivity contribution in [1.82, 2.24) is 15.0 Å². The molecule has 4 rings (SSSR count). The number of hydrogen-bond donors (Lipinski definition) is 3. The zero-order valence-corrected chi connectivity index (χ0v) is 17.2. The number of aromatic nitrogens is 3. The first-order valence-electron chi connectivity index (χ1n) is 9.22. The molecule has 0 atom stereocenters. The molecule has 0 fully saturated rings. The van der Waals surface area contributed by atoms with Crippen LogP contribution in [0.15, 0.2) is 60.0 Å². The van der Waals surface area contributed by atoms with E-state index < -0.39 is 0 Å². The summed E-state index contributed by atoms with van der Waals surface area (Å²) < 4.78 is 0. The number of aromatic hydroxyl groups is 1. The normalized spacial score (nSPS) is 10.6. The summed E-state index contributed by atoms with van der Waals surface area (Å²) in [4.78, 5) is 25.5. The van der Waals surface area contributed by atoms with Crippen molar-refractivity contribution in [3.63, 3.8) is 0 Å². The van der Waals surface area contributed by atoms with Crippen LogP contribution in [0.25, 0.3) is 11.3 Å². The van der Waals surface area contributed by atoms with Gasteiger partial charge in [-0.2, -0.15) is 0 Å². The molecule has 30 heavy (non-hydrogen) atoms. The fraction of sp³-hybridized carbons (Fsp3) is 0.0909. The molecule has 0 spiro atoms. The van der Waals surface area contributed by atoms with Crippen molar-refractivity contribution in [3.8, 4) is 17.0 Å². The van der Waals surface area contributed by atoms with Gasteiger partial charge in [0.25, 0.3) is 5.91 Å². The summed E-state index contributed by atoms with van der Waals surface area (Å²) in [5, 5.41) is 18.1. The molecule has 0 saturated carbocycles. The number of phenolic OH excluding ortho intramolecular Hbond substituents is 1. The number of rotatable bonds is 5. The Morgan fingerprint density at radius 1 is 0.967 bits per heavy atom. The molecule has 0 unspecified atom stereocenters. The molecule has 2 heterocycles. The van der Waals surface area contributed by atoms with Crippen LogP contribution >= 0.6 is 11.3 Å². The molecular formula is C22H19N5O2S. The summed E-state index contributed by atoms with van der Waals surface area (Å²) in [6.45, 7) is 3.64. The Kier molecular flexibility index (Phi) is 5.40. The standard InChI is InChI=1S/C22H19N5O2S/c1-13-11-20(24-14(2)23-13)27-21(29)16-3-7-17(8-4-16)25-22-26-19(12-30-22)15-5-9-18(28)10-6-15/h3-12,28H,1-2H3,(H,25,26)(H,23,24,27,29). The number of hydrogen-bond acceptors (Lipinski definition) is 7. The van der Waals surface area contributed by atoms with Crippen molar-refractivity contribution in [2.24, 2.45) is 0 Å². The lowest BCUT2D eigenvalue weighted by atomic mass is 10.2. The Morgan fingerprint density at radius 2 is 1.70 bits per heavy atom. The van der Waals surface area contributed by atoms with Crippen LogP contribution in [0.5, 0.6) is 5.75 Å². The minimum absolute atomic E-state index is 0.224. The number of carbonyl (C=O) groups is 1. The van der Waals surface area contributed by atoms with Gasteiger partial charge in [-0.15, -0.1) is 11.3 Å². The molecule has 0 saturated heterocycles. The van der Waals surface area contributed by atoms with E-state index in [1.54, 1.807) is 37.3 Å². The molecule has 8 heteroatoms. The van der Waals surface area contributed by atoms with Gasteiger partial charge in [0.15, 0.2) is 5.13 Å². The topological polar surface area (TPSA) is 100 Å². The molecule has 2 aromatic heterocycles. The minimum atomic E-state index is -0.233. The average molecular weight is 417 g/mol. The first-order chi connectivity index (χ1) is 14.5. The van der Waals surface area contributed by atoms with E-state index in [4.69, 9.17) is 0 Å². The number of phenols is 1. The summed E-state index contributed by atoms with van der Waals surface area (Å²) in [6.07, 6.45) is 0. The van der Waals surface area contributed by atoms with Gasteiger partial charge in [0.2, 0.25) is 0 Å². The van der Waals surface area contributed by atoms with Gasteiger partial charge >= 0.3 is 0 Å². The smallest absolute Gasteiger partial charge is 0.256 e. The number of nitrogens with zero attached hydrogens (tertiary/aromatic N) is 3. The molecule has 0 aliphatic carbocycles. The van der Waals surface area contributed by atoms with Crippen molar-refractivity contribution >= 4 is 33.9 Å². The van der Waals surface area contributed by atoms with Gasteiger partial charge in [0, 0.05) is 34.0 Å². The van der Waals surface area contributed by atoms with Crippen LogP contribution < -0.4 is 10.6 Å². The van der Waals surface area contributed by atoms with Crippen LogP contribution in [0.4, 0.5) is 16.6 Å². The average Bonchev–Trinajstić information content (AvgIpc) is 3.16. The third-order valence-corrected chi connectivity index (χ3v) is 5.03. The van der Waals surface area contributed by atoms with Gasteiger partial charge in [-0.1, -0.05) is 0 Å². The van der Waals surface area contributed by atoms with Gasteiger partial charge in [-0.25, -0.2) is 15.0 Å². The number of nitrogens with one attached hydrogen (secondary N) is 2. The molecule has 0 bridgehead atoms. The molecule has 0 aliphatic rings. The molecular weight excluding hydrogens is 398 g/mol. The summed E-state index contributed by atoms with van der Waals surface area (Å²) >= 11 is 1.48. The zero-order chi connectivity index (χ0) is 21.1. The van der Waals surface area contributed by atoms with E-state index in [0.29, 0.717) is 17.2 Å². The van der Waals surface area contributed by atoms with Crippen molar-refractivity contribution in [3.05, 3.63) is 77.1 Å². The molecule has 3 N–H and O–H groups in total. The monoisotopic (exact) mass is 417 g/mol. The number of aryl methyl sites for hydroxylation is 2. The summed E-state index contributed by atoms with van der Waals surface area (Å²) in [5.41, 5.74) is 3.91. The Hall–Kier alpha value is -3.78. The maximum Gasteiger partial charge on any atom is 0.256 e. The highest BCUT2D eigenvalue weighted by atomic mass is 32.1. The third kappa shape index (κ3) is 4.61. The van der Waals surface area contributed by atoms with Crippen molar-refractivity contribution in [2.75, 3.05) is 10.6 Å². The second-order valence-electron chi connectivity index (χ2n) is 6.68. The number of anilines is 3. The van der Waals surface area contributed by atoms with Gasteiger partial charge in [-0.3, -0.25) is 4.79 Å². The van der Waals surface area contributed by atoms with Crippen molar-refractivity contribution < 1.29 is 9.90 Å². The van der Waals surface area contributed by atoms with Crippen molar-refractivity contribution in [2.45, 2.75) is 13.8 Å². The van der Waals surface area contributed by atoms with Gasteiger partial charge in [-0.05, 0) is 62.4 Å². The Labute approximate surface area is 177 Å². The van der Waals surface area contributed by atoms with Gasteiger partial charge in [0.05, 0.1) is 5.69 Å². The summed E-state index contributed by atoms with van der Waals surface area (Å²) in [6, 6.07) is 15.8. The molecule has 2 aromatic carbocycles. The third-order valence-electron chi connectivity index (χ3n) is 4.27. The Balaban J connectivity index is 1.42. The zero-order valence-electron chi connectivity index (χ0n) is 16.4. The maximum atomic E-state index is 12.5. The fourth-order valence-corrected chi connectivity index (χ4v) is 3.63. The highest BCUT2D eigenvalue weighted by molar-refractivity contribution is 7.14. The predicted octanol–water partition coefficient (Wildman–Crippen LogP) is 4.92. The van der Waals surface area contributed by atoms with E-state index in [1.165, 1.54) is 11.3 Å². The fourth-order valence-electron chi connectivity index (χ4n) is 2.89. The molecule has 7 nitrogen and oxygen atoms in total. The second kappa shape index (κ2) is 8.30. The first kappa shape index (κ1) is 19.5. The quantitative estimate of drug-likeness (QED) is 0.426. The molecule has 0 radical (unpaired) electrons. The number of benzene rings is 2. The number of carbonyl (C=O) groups excluding carboxylic acids is 1. The first-order valence-corrected chi connectivity index (χ1v) is 10.1. The second-order valence-corrected chi connectivity index (χ2v) is 7.54. The highest BCUT2D eigenvalue weighted by Gasteiger charge is 2.09. The van der Waals surface area contributed by atoms with Crippen LogP contribution in [-0.2, 0) is 0 Å². The molecule has 4 aromatic rings. The highest BCUT2D eigenvalue weighted by Crippen LogP contribution is 2.28. The van der Waals surface area contributed by atoms with Crippen LogP contribution in [0.3, 0.4) is 0 Å².